The van der Waals surface area contributed by atoms with Crippen molar-refractivity contribution < 1.29 is 19.8 Å². The number of nitrogens with zero attached hydrogens (tertiary/aromatic N) is 2. The predicted molar refractivity (Wildman–Crippen MR) is 82.5 cm³/mol. The van der Waals surface area contributed by atoms with E-state index < -0.39 is 30.4 Å². The number of aliphatic hydroxyl groups is 2. The molecule has 0 aliphatic rings. The third-order valence-corrected chi connectivity index (χ3v) is 3.31. The van der Waals surface area contributed by atoms with Gasteiger partial charge >= 0.3 is 0 Å². The SMILES string of the molecule is C[C@@H](O)[C@H](NC(=O)c1ccc(-c2cncnc2)cc1)C(=O)CO. The zero-order valence-corrected chi connectivity index (χ0v) is 12.5. The van der Waals surface area contributed by atoms with Crippen LogP contribution in [0.5, 0.6) is 0 Å². The molecule has 0 saturated carbocycles. The Bertz CT molecular complexity index is 671. The van der Waals surface area contributed by atoms with E-state index in [1.54, 1.807) is 36.7 Å². The van der Waals surface area contributed by atoms with Crippen LogP contribution < -0.4 is 5.32 Å². The molecule has 23 heavy (non-hydrogen) atoms. The predicted octanol–water partition coefficient (Wildman–Crippen LogP) is 0.184. The highest BCUT2D eigenvalue weighted by Gasteiger charge is 2.25. The highest BCUT2D eigenvalue weighted by Crippen LogP contribution is 2.17. The van der Waals surface area contributed by atoms with Crippen molar-refractivity contribution in [2.75, 3.05) is 6.61 Å². The molecule has 7 heteroatoms. The zero-order chi connectivity index (χ0) is 16.8. The second-order valence-electron chi connectivity index (χ2n) is 5.02. The number of ketones is 1. The Hall–Kier alpha value is -2.64. The Labute approximate surface area is 133 Å². The van der Waals surface area contributed by atoms with Gasteiger partial charge in [-0.15, -0.1) is 0 Å². The molecule has 0 saturated heterocycles. The van der Waals surface area contributed by atoms with E-state index >= 15 is 0 Å². The molecule has 1 amide bonds. The summed E-state index contributed by atoms with van der Waals surface area (Å²) in [5, 5.41) is 20.8. The molecular weight excluding hydrogens is 298 g/mol. The largest absolute Gasteiger partial charge is 0.391 e. The van der Waals surface area contributed by atoms with Gasteiger partial charge in [-0.1, -0.05) is 12.1 Å². The third kappa shape index (κ3) is 4.18. The molecule has 2 atom stereocenters. The normalized spacial score (nSPS) is 13.2. The standard InChI is InChI=1S/C16H17N3O4/c1-10(21)15(14(22)8-20)19-16(23)12-4-2-11(3-5-12)13-6-17-9-18-7-13/h2-7,9-10,15,20-21H,8H2,1H3,(H,19,23)/t10-,15+/m1/s1. The number of aliphatic hydroxyl groups excluding tert-OH is 2. The van der Waals surface area contributed by atoms with Gasteiger partial charge in [-0.2, -0.15) is 0 Å². The Morgan fingerprint density at radius 2 is 1.74 bits per heavy atom. The molecule has 1 aromatic carbocycles. The number of carbonyl (C=O) groups is 2. The van der Waals surface area contributed by atoms with Gasteiger partial charge in [-0.3, -0.25) is 9.59 Å². The summed E-state index contributed by atoms with van der Waals surface area (Å²) < 4.78 is 0. The van der Waals surface area contributed by atoms with Crippen LogP contribution in [0.15, 0.2) is 43.0 Å². The van der Waals surface area contributed by atoms with Gasteiger partial charge in [-0.05, 0) is 24.6 Å². The van der Waals surface area contributed by atoms with Crippen LogP contribution >= 0.6 is 0 Å². The van der Waals surface area contributed by atoms with Gasteiger partial charge in [0.1, 0.15) is 19.0 Å². The first kappa shape index (κ1) is 16.7. The van der Waals surface area contributed by atoms with Crippen molar-refractivity contribution in [1.29, 1.82) is 0 Å². The van der Waals surface area contributed by atoms with Crippen LogP contribution in [0.3, 0.4) is 0 Å². The van der Waals surface area contributed by atoms with E-state index in [4.69, 9.17) is 5.11 Å². The Morgan fingerprint density at radius 3 is 2.26 bits per heavy atom. The minimum absolute atomic E-state index is 0.335. The van der Waals surface area contributed by atoms with Crippen molar-refractivity contribution >= 4 is 11.7 Å². The minimum Gasteiger partial charge on any atom is -0.391 e. The molecule has 7 nitrogen and oxygen atoms in total. The van der Waals surface area contributed by atoms with E-state index in [2.05, 4.69) is 15.3 Å². The lowest BCUT2D eigenvalue weighted by Crippen LogP contribution is -2.48. The maximum Gasteiger partial charge on any atom is 0.251 e. The zero-order valence-electron chi connectivity index (χ0n) is 12.5. The first-order valence-corrected chi connectivity index (χ1v) is 7.01. The molecule has 0 bridgehead atoms. The molecule has 0 aliphatic carbocycles. The molecule has 2 aromatic rings. The quantitative estimate of drug-likeness (QED) is 0.701. The lowest BCUT2D eigenvalue weighted by atomic mass is 10.0. The average Bonchev–Trinajstić information content (AvgIpc) is 2.59. The smallest absolute Gasteiger partial charge is 0.251 e. The van der Waals surface area contributed by atoms with Crippen LogP contribution in [0.2, 0.25) is 0 Å². The molecule has 2 rings (SSSR count). The van der Waals surface area contributed by atoms with Gasteiger partial charge in [0.05, 0.1) is 6.10 Å². The summed E-state index contributed by atoms with van der Waals surface area (Å²) in [6, 6.07) is 5.52. The Kier molecular flexibility index (Phi) is 5.51. The fourth-order valence-corrected chi connectivity index (χ4v) is 2.06. The average molecular weight is 315 g/mol. The van der Waals surface area contributed by atoms with Gasteiger partial charge in [0.15, 0.2) is 5.78 Å². The van der Waals surface area contributed by atoms with Crippen LogP contribution in [-0.2, 0) is 4.79 Å². The lowest BCUT2D eigenvalue weighted by Gasteiger charge is -2.19. The number of carbonyl (C=O) groups excluding carboxylic acids is 2. The minimum atomic E-state index is -1.14. The molecule has 1 aromatic heterocycles. The molecule has 0 spiro atoms. The van der Waals surface area contributed by atoms with Crippen LogP contribution in [0.1, 0.15) is 17.3 Å². The monoisotopic (exact) mass is 315 g/mol. The van der Waals surface area contributed by atoms with Crippen LogP contribution in [0.25, 0.3) is 11.1 Å². The van der Waals surface area contributed by atoms with E-state index in [9.17, 15) is 14.7 Å². The van der Waals surface area contributed by atoms with Crippen molar-refractivity contribution in [3.8, 4) is 11.1 Å². The number of nitrogens with one attached hydrogen (secondary N) is 1. The maximum atomic E-state index is 12.1. The summed E-state index contributed by atoms with van der Waals surface area (Å²) in [5.41, 5.74) is 2.00. The van der Waals surface area contributed by atoms with Crippen molar-refractivity contribution in [1.82, 2.24) is 15.3 Å². The Morgan fingerprint density at radius 1 is 1.13 bits per heavy atom. The van der Waals surface area contributed by atoms with E-state index in [1.165, 1.54) is 13.3 Å². The summed E-state index contributed by atoms with van der Waals surface area (Å²) in [7, 11) is 0. The lowest BCUT2D eigenvalue weighted by molar-refractivity contribution is -0.125. The first-order chi connectivity index (χ1) is 11.0. The number of rotatable bonds is 6. The van der Waals surface area contributed by atoms with E-state index in [0.29, 0.717) is 5.56 Å². The molecule has 0 radical (unpaired) electrons. The van der Waals surface area contributed by atoms with Crippen molar-refractivity contribution in [3.05, 3.63) is 48.5 Å². The molecule has 0 fully saturated rings. The number of aromatic nitrogens is 2. The molecule has 0 aliphatic heterocycles. The summed E-state index contributed by atoms with van der Waals surface area (Å²) >= 11 is 0. The molecular formula is C16H17N3O4. The van der Waals surface area contributed by atoms with Crippen LogP contribution in [0.4, 0.5) is 0 Å². The summed E-state index contributed by atoms with van der Waals surface area (Å²) in [6.07, 6.45) is 3.65. The van der Waals surface area contributed by atoms with E-state index in [0.717, 1.165) is 11.1 Å². The first-order valence-electron chi connectivity index (χ1n) is 7.01. The van der Waals surface area contributed by atoms with E-state index in [-0.39, 0.29) is 0 Å². The van der Waals surface area contributed by atoms with Gasteiger partial charge in [0, 0.05) is 23.5 Å². The van der Waals surface area contributed by atoms with Gasteiger partial charge in [0.2, 0.25) is 0 Å². The molecule has 120 valence electrons. The van der Waals surface area contributed by atoms with Gasteiger partial charge < -0.3 is 15.5 Å². The second kappa shape index (κ2) is 7.57. The van der Waals surface area contributed by atoms with Gasteiger partial charge in [-0.25, -0.2) is 9.97 Å². The topological polar surface area (TPSA) is 112 Å². The number of amides is 1. The molecule has 0 unspecified atom stereocenters. The molecule has 1 heterocycles. The highest BCUT2D eigenvalue weighted by molar-refractivity contribution is 5.98. The number of benzene rings is 1. The van der Waals surface area contributed by atoms with Crippen molar-refractivity contribution in [3.63, 3.8) is 0 Å². The van der Waals surface area contributed by atoms with Gasteiger partial charge in [0.25, 0.3) is 5.91 Å². The van der Waals surface area contributed by atoms with E-state index in [1.807, 2.05) is 0 Å². The molecule has 3 N–H and O–H groups in total. The van der Waals surface area contributed by atoms with Crippen LogP contribution in [-0.4, -0.2) is 50.6 Å². The summed E-state index contributed by atoms with van der Waals surface area (Å²) in [5.74, 6) is -1.15. The second-order valence-corrected chi connectivity index (χ2v) is 5.02. The number of hydrogen-bond acceptors (Lipinski definition) is 6. The summed E-state index contributed by atoms with van der Waals surface area (Å²) in [4.78, 5) is 31.5. The maximum absolute atomic E-state index is 12.1. The fraction of sp³-hybridized carbons (Fsp3) is 0.250. The Balaban J connectivity index is 2.12. The number of hydrogen-bond donors (Lipinski definition) is 3. The third-order valence-electron chi connectivity index (χ3n) is 3.31. The highest BCUT2D eigenvalue weighted by atomic mass is 16.3. The van der Waals surface area contributed by atoms with Crippen LogP contribution in [0, 0.1) is 0 Å². The number of Topliss-reactive ketones (excluding diaryl/α,β-unsaturated/α-hetero) is 1. The van der Waals surface area contributed by atoms with Crippen molar-refractivity contribution in [2.24, 2.45) is 0 Å². The fourth-order valence-electron chi connectivity index (χ4n) is 2.06. The van der Waals surface area contributed by atoms with Crippen molar-refractivity contribution in [2.45, 2.75) is 19.1 Å². The summed E-state index contributed by atoms with van der Waals surface area (Å²) in [6.45, 7) is 0.625.